The summed E-state index contributed by atoms with van der Waals surface area (Å²) in [6, 6.07) is 6.13. The zero-order valence-corrected chi connectivity index (χ0v) is 27.0. The number of aliphatic carboxylic acids is 1. The molecule has 0 radical (unpaired) electrons. The highest BCUT2D eigenvalue weighted by Crippen LogP contribution is 2.45. The molecule has 4 atom stereocenters. The first-order valence-corrected chi connectivity index (χ1v) is 16.4. The first kappa shape index (κ1) is 32.4. The van der Waals surface area contributed by atoms with Gasteiger partial charge in [-0.25, -0.2) is 9.59 Å². The predicted molar refractivity (Wildman–Crippen MR) is 174 cm³/mol. The van der Waals surface area contributed by atoms with Gasteiger partial charge < -0.3 is 35.4 Å². The molecular weight excluding hydrogens is 596 g/mol. The lowest BCUT2D eigenvalue weighted by molar-refractivity contribution is -0.143. The number of ether oxygens (including phenoxy) is 2. The number of fused-ring (bicyclic) bond motifs is 2. The summed E-state index contributed by atoms with van der Waals surface area (Å²) in [6.45, 7) is 4.75. The fraction of sp³-hybridized carbons (Fsp3) is 0.531. The number of carboxylic acids is 1. The van der Waals surface area contributed by atoms with Gasteiger partial charge in [0, 0.05) is 55.2 Å². The Balaban J connectivity index is 1.37. The first-order chi connectivity index (χ1) is 21.6. The predicted octanol–water partition coefficient (Wildman–Crippen LogP) is 3.86. The topological polar surface area (TPSA) is 154 Å². The summed E-state index contributed by atoms with van der Waals surface area (Å²) >= 11 is 1.65. The summed E-state index contributed by atoms with van der Waals surface area (Å²) in [4.78, 5) is 50.0. The first-order valence-electron chi connectivity index (χ1n) is 15.4. The number of methoxy groups -OCH3 is 1. The number of amidine groups is 1. The number of benzene rings is 1. The van der Waals surface area contributed by atoms with Crippen LogP contribution in [0.4, 0.5) is 4.79 Å². The van der Waals surface area contributed by atoms with E-state index in [0.717, 1.165) is 41.3 Å². The normalized spacial score (nSPS) is 26.3. The van der Waals surface area contributed by atoms with Crippen molar-refractivity contribution in [3.8, 4) is 11.5 Å². The van der Waals surface area contributed by atoms with Gasteiger partial charge in [-0.05, 0) is 51.7 Å². The van der Waals surface area contributed by atoms with E-state index in [0.29, 0.717) is 30.0 Å². The minimum Gasteiger partial charge on any atom is -0.497 e. The number of hydrogen-bond acceptors (Lipinski definition) is 9. The number of thioether (sulfide) groups is 1. The number of amides is 3. The number of pyridine rings is 1. The van der Waals surface area contributed by atoms with E-state index < -0.39 is 29.5 Å². The standard InChI is InChI=1S/C32H42N6O6S/c1-19(2)33-30-35-26(18-45-30)25-16-27(22-11-10-21(43-4)15-24(22)34-25)44-14-12-23-28(39)37-32(29(40)41)17-20(32)9-7-5-6-8-13-38(3)31(42)36-23/h7,9-11,15-16,19-20,23,26H,5-6,8,12-14,17-18H2,1-4H3,(H,33,35)(H,36,42)(H,37,39)(H,40,41)/b9-7-/t20?,23-,26?,32+/m0/s1. The molecule has 0 bridgehead atoms. The number of aliphatic imine (C=N–C) groups is 1. The molecule has 2 unspecified atom stereocenters. The minimum atomic E-state index is -1.37. The molecule has 0 saturated heterocycles. The van der Waals surface area contributed by atoms with E-state index in [2.05, 4.69) is 29.8 Å². The number of carboxylic acid groups (broad SMARTS) is 1. The molecule has 4 N–H and O–H groups in total. The Morgan fingerprint density at radius 1 is 1.27 bits per heavy atom. The maximum Gasteiger partial charge on any atom is 0.330 e. The maximum atomic E-state index is 13.5. The summed E-state index contributed by atoms with van der Waals surface area (Å²) < 4.78 is 11.7. The molecule has 242 valence electrons. The Labute approximate surface area is 267 Å². The Kier molecular flexibility index (Phi) is 10.1. The maximum absolute atomic E-state index is 13.5. The molecule has 3 heterocycles. The Morgan fingerprint density at radius 3 is 2.84 bits per heavy atom. The van der Waals surface area contributed by atoms with Crippen LogP contribution >= 0.6 is 11.8 Å². The molecule has 2 aromatic rings. The monoisotopic (exact) mass is 638 g/mol. The number of hydrogen-bond donors (Lipinski definition) is 4. The van der Waals surface area contributed by atoms with E-state index >= 15 is 0 Å². The second-order valence-electron chi connectivity index (χ2n) is 12.0. The van der Waals surface area contributed by atoms with Gasteiger partial charge >= 0.3 is 12.0 Å². The van der Waals surface area contributed by atoms with Crippen molar-refractivity contribution >= 4 is 45.7 Å². The van der Waals surface area contributed by atoms with Gasteiger partial charge in [0.1, 0.15) is 29.1 Å². The van der Waals surface area contributed by atoms with Crippen LogP contribution in [-0.4, -0.2) is 88.8 Å². The molecule has 1 saturated carbocycles. The lowest BCUT2D eigenvalue weighted by Crippen LogP contribution is -2.55. The molecule has 0 spiro atoms. The van der Waals surface area contributed by atoms with Crippen molar-refractivity contribution in [1.29, 1.82) is 0 Å². The van der Waals surface area contributed by atoms with Crippen molar-refractivity contribution in [1.82, 2.24) is 25.8 Å². The van der Waals surface area contributed by atoms with Crippen LogP contribution in [0.2, 0.25) is 0 Å². The molecule has 3 aliphatic rings. The van der Waals surface area contributed by atoms with Gasteiger partial charge in [-0.1, -0.05) is 23.9 Å². The van der Waals surface area contributed by atoms with Gasteiger partial charge in [-0.3, -0.25) is 14.8 Å². The number of rotatable bonds is 8. The van der Waals surface area contributed by atoms with Gasteiger partial charge in [0.15, 0.2) is 5.17 Å². The van der Waals surface area contributed by atoms with E-state index in [1.54, 1.807) is 30.8 Å². The smallest absolute Gasteiger partial charge is 0.330 e. The molecule has 1 aromatic heterocycles. The lowest BCUT2D eigenvalue weighted by atomic mass is 10.1. The highest BCUT2D eigenvalue weighted by Gasteiger charge is 2.60. The van der Waals surface area contributed by atoms with Crippen molar-refractivity contribution in [2.24, 2.45) is 10.9 Å². The Bertz CT molecular complexity index is 1500. The number of allylic oxidation sites excluding steroid dienone is 1. The minimum absolute atomic E-state index is 0.0822. The van der Waals surface area contributed by atoms with E-state index in [1.807, 2.05) is 36.4 Å². The number of carbonyl (C=O) groups is 3. The van der Waals surface area contributed by atoms with Crippen LogP contribution in [0.1, 0.15) is 57.7 Å². The van der Waals surface area contributed by atoms with Crippen LogP contribution in [0, 0.1) is 5.92 Å². The lowest BCUT2D eigenvalue weighted by Gasteiger charge is -2.25. The van der Waals surface area contributed by atoms with Gasteiger partial charge in [0.2, 0.25) is 5.91 Å². The van der Waals surface area contributed by atoms with Crippen LogP contribution in [0.3, 0.4) is 0 Å². The van der Waals surface area contributed by atoms with Crippen LogP contribution in [-0.2, 0) is 9.59 Å². The van der Waals surface area contributed by atoms with Gasteiger partial charge in [0.05, 0.1) is 24.9 Å². The number of aromatic nitrogens is 1. The number of carbonyl (C=O) groups excluding carboxylic acids is 2. The van der Waals surface area contributed by atoms with E-state index in [9.17, 15) is 19.5 Å². The van der Waals surface area contributed by atoms with Crippen LogP contribution in [0.5, 0.6) is 11.5 Å². The zero-order valence-electron chi connectivity index (χ0n) is 26.2. The Morgan fingerprint density at radius 2 is 2.09 bits per heavy atom. The van der Waals surface area contributed by atoms with Gasteiger partial charge in [0.25, 0.3) is 0 Å². The SMILES string of the molecule is COc1ccc2c(OCC[C@@H]3NC(=O)N(C)CCCC/C=C\C4C[C@@]4(C(=O)O)NC3=O)cc(C3CSC(NC(C)C)=N3)nc2c1. The third-order valence-corrected chi connectivity index (χ3v) is 9.23. The number of nitrogens with zero attached hydrogens (tertiary/aromatic N) is 3. The largest absolute Gasteiger partial charge is 0.497 e. The van der Waals surface area contributed by atoms with Crippen LogP contribution in [0.15, 0.2) is 41.4 Å². The summed E-state index contributed by atoms with van der Waals surface area (Å²) in [6.07, 6.45) is 6.75. The molecule has 13 heteroatoms. The third kappa shape index (κ3) is 7.63. The summed E-state index contributed by atoms with van der Waals surface area (Å²) in [7, 11) is 3.28. The van der Waals surface area contributed by atoms with E-state index in [-0.39, 0.29) is 31.0 Å². The summed E-state index contributed by atoms with van der Waals surface area (Å²) in [5.74, 6) is 0.0457. The molecule has 2 aliphatic heterocycles. The van der Waals surface area contributed by atoms with Crippen molar-refractivity contribution in [2.75, 3.05) is 33.1 Å². The number of nitrogens with one attached hydrogen (secondary N) is 3. The van der Waals surface area contributed by atoms with Crippen molar-refractivity contribution in [3.63, 3.8) is 0 Å². The molecule has 1 aromatic carbocycles. The highest BCUT2D eigenvalue weighted by molar-refractivity contribution is 8.14. The summed E-state index contributed by atoms with van der Waals surface area (Å²) in [5.41, 5.74) is 0.0705. The van der Waals surface area contributed by atoms with Crippen molar-refractivity contribution in [3.05, 3.63) is 42.1 Å². The second kappa shape index (κ2) is 14.0. The van der Waals surface area contributed by atoms with Gasteiger partial charge in [-0.15, -0.1) is 0 Å². The molecule has 3 amide bonds. The molecular formula is C32H42N6O6S. The average molecular weight is 639 g/mol. The van der Waals surface area contributed by atoms with Crippen molar-refractivity contribution < 1.29 is 29.0 Å². The van der Waals surface area contributed by atoms with Crippen LogP contribution < -0.4 is 25.4 Å². The molecule has 5 rings (SSSR count). The van der Waals surface area contributed by atoms with E-state index in [4.69, 9.17) is 19.5 Å². The fourth-order valence-electron chi connectivity index (χ4n) is 5.52. The molecule has 1 aliphatic carbocycles. The Hall–Kier alpha value is -4.00. The quantitative estimate of drug-likeness (QED) is 0.316. The average Bonchev–Trinajstić information content (AvgIpc) is 3.51. The third-order valence-electron chi connectivity index (χ3n) is 8.25. The van der Waals surface area contributed by atoms with Crippen molar-refractivity contribution in [2.45, 2.75) is 69.6 Å². The highest BCUT2D eigenvalue weighted by atomic mass is 32.2. The molecule has 1 fully saturated rings. The van der Waals surface area contributed by atoms with Gasteiger partial charge in [-0.2, -0.15) is 0 Å². The fourth-order valence-corrected chi connectivity index (χ4v) is 6.60. The van der Waals surface area contributed by atoms with Crippen LogP contribution in [0.25, 0.3) is 10.9 Å². The zero-order chi connectivity index (χ0) is 32.1. The molecule has 12 nitrogen and oxygen atoms in total. The summed E-state index contributed by atoms with van der Waals surface area (Å²) in [5, 5.41) is 20.5. The molecule has 45 heavy (non-hydrogen) atoms. The number of urea groups is 1. The van der Waals surface area contributed by atoms with E-state index in [1.165, 1.54) is 0 Å². The second-order valence-corrected chi connectivity index (χ2v) is 13.1.